The Labute approximate surface area is 140 Å². The van der Waals surface area contributed by atoms with E-state index in [1.54, 1.807) is 6.92 Å². The summed E-state index contributed by atoms with van der Waals surface area (Å²) in [4.78, 5) is 23.1. The molecule has 1 aliphatic rings. The van der Waals surface area contributed by atoms with Gasteiger partial charge in [0.1, 0.15) is 11.5 Å². The van der Waals surface area contributed by atoms with Crippen LogP contribution in [0.15, 0.2) is 12.2 Å². The Morgan fingerprint density at radius 2 is 1.57 bits per heavy atom. The fraction of sp³-hybridized carbons (Fsp3) is 0.789. The van der Waals surface area contributed by atoms with Crippen molar-refractivity contribution < 1.29 is 19.4 Å². The zero-order valence-electron chi connectivity index (χ0n) is 14.7. The van der Waals surface area contributed by atoms with Gasteiger partial charge in [0.05, 0.1) is 5.57 Å². The second-order valence-corrected chi connectivity index (χ2v) is 6.85. The molecule has 132 valence electrons. The van der Waals surface area contributed by atoms with Crippen molar-refractivity contribution in [2.24, 2.45) is 5.41 Å². The quantitative estimate of drug-likeness (QED) is 0.316. The van der Waals surface area contributed by atoms with Gasteiger partial charge in [-0.2, -0.15) is 0 Å². The number of carbonyl (C=O) groups excluding carboxylic acids is 1. The number of rotatable bonds is 12. The average molecular weight is 324 g/mol. The Morgan fingerprint density at radius 3 is 2.04 bits per heavy atom. The fourth-order valence-corrected chi connectivity index (χ4v) is 3.16. The molecule has 0 saturated carbocycles. The second kappa shape index (κ2) is 9.74. The normalized spacial score (nSPS) is 24.0. The first-order valence-corrected chi connectivity index (χ1v) is 9.08. The average Bonchev–Trinajstić information content (AvgIpc) is 2.74. The van der Waals surface area contributed by atoms with Gasteiger partial charge in [-0.15, -0.1) is 0 Å². The van der Waals surface area contributed by atoms with Gasteiger partial charge in [-0.3, -0.25) is 4.79 Å². The number of aliphatic carboxylic acids is 1. The second-order valence-electron chi connectivity index (χ2n) is 6.85. The minimum absolute atomic E-state index is 0.0714. The first-order valence-electron chi connectivity index (χ1n) is 9.08. The molecule has 1 heterocycles. The van der Waals surface area contributed by atoms with Crippen LogP contribution < -0.4 is 0 Å². The van der Waals surface area contributed by atoms with E-state index in [0.29, 0.717) is 6.42 Å². The molecule has 2 unspecified atom stereocenters. The highest BCUT2D eigenvalue weighted by Crippen LogP contribution is 2.41. The van der Waals surface area contributed by atoms with Gasteiger partial charge in [0.2, 0.25) is 0 Å². The maximum atomic E-state index is 11.6. The molecule has 0 amide bonds. The van der Waals surface area contributed by atoms with E-state index in [0.717, 1.165) is 12.8 Å². The van der Waals surface area contributed by atoms with Crippen LogP contribution in [0.4, 0.5) is 0 Å². The summed E-state index contributed by atoms with van der Waals surface area (Å²) in [6, 6.07) is 0. The molecule has 0 spiro atoms. The summed E-state index contributed by atoms with van der Waals surface area (Å²) in [5.41, 5.74) is -1.20. The molecule has 4 nitrogen and oxygen atoms in total. The zero-order valence-corrected chi connectivity index (χ0v) is 14.7. The molecular weight excluding hydrogens is 292 g/mol. The Morgan fingerprint density at radius 1 is 1.09 bits per heavy atom. The highest BCUT2D eigenvalue weighted by atomic mass is 16.6. The highest BCUT2D eigenvalue weighted by molar-refractivity contribution is 6.00. The van der Waals surface area contributed by atoms with Crippen LogP contribution in [0.25, 0.3) is 0 Å². The number of hydrogen-bond acceptors (Lipinski definition) is 3. The summed E-state index contributed by atoms with van der Waals surface area (Å²) in [7, 11) is 0. The van der Waals surface area contributed by atoms with Crippen molar-refractivity contribution >= 4 is 11.9 Å². The van der Waals surface area contributed by atoms with Crippen LogP contribution in [0.2, 0.25) is 0 Å². The SMILES string of the molecule is C=C1C(=O)OC(CCCCCCCCCCCC)C1(C)C(=O)O. The van der Waals surface area contributed by atoms with Crippen molar-refractivity contribution in [2.45, 2.75) is 90.6 Å². The first kappa shape index (κ1) is 19.7. The summed E-state index contributed by atoms with van der Waals surface area (Å²) in [6.07, 6.45) is 12.3. The van der Waals surface area contributed by atoms with Crippen LogP contribution in [0.1, 0.15) is 84.5 Å². The molecule has 0 bridgehead atoms. The minimum atomic E-state index is -1.27. The molecule has 1 saturated heterocycles. The number of esters is 1. The lowest BCUT2D eigenvalue weighted by molar-refractivity contribution is -0.151. The third kappa shape index (κ3) is 5.36. The van der Waals surface area contributed by atoms with Crippen molar-refractivity contribution in [3.05, 3.63) is 12.2 Å². The number of ether oxygens (including phenoxy) is 1. The lowest BCUT2D eigenvalue weighted by atomic mass is 9.78. The van der Waals surface area contributed by atoms with Gasteiger partial charge >= 0.3 is 11.9 Å². The summed E-state index contributed by atoms with van der Waals surface area (Å²) in [5.74, 6) is -1.59. The molecule has 0 radical (unpaired) electrons. The third-order valence-corrected chi connectivity index (χ3v) is 5.03. The van der Waals surface area contributed by atoms with Crippen LogP contribution in [0, 0.1) is 5.41 Å². The lowest BCUT2D eigenvalue weighted by Crippen LogP contribution is -2.37. The van der Waals surface area contributed by atoms with Crippen molar-refractivity contribution in [3.8, 4) is 0 Å². The molecule has 0 aromatic carbocycles. The van der Waals surface area contributed by atoms with Gasteiger partial charge < -0.3 is 9.84 Å². The Balaban J connectivity index is 2.17. The third-order valence-electron chi connectivity index (χ3n) is 5.03. The predicted molar refractivity (Wildman–Crippen MR) is 91.2 cm³/mol. The van der Waals surface area contributed by atoms with E-state index in [9.17, 15) is 14.7 Å². The number of carboxylic acid groups (broad SMARTS) is 1. The standard InChI is InChI=1S/C19H32O4/c1-4-5-6-7-8-9-10-11-12-13-14-16-19(3,18(21)22)15(2)17(20)23-16/h16H,2,4-14H2,1,3H3,(H,21,22). The molecule has 0 aromatic rings. The first-order chi connectivity index (χ1) is 10.9. The molecule has 0 aliphatic carbocycles. The van der Waals surface area contributed by atoms with E-state index in [1.165, 1.54) is 51.4 Å². The van der Waals surface area contributed by atoms with E-state index in [-0.39, 0.29) is 5.57 Å². The molecule has 1 N–H and O–H groups in total. The van der Waals surface area contributed by atoms with E-state index < -0.39 is 23.5 Å². The largest absolute Gasteiger partial charge is 0.480 e. The van der Waals surface area contributed by atoms with Gasteiger partial charge in [0, 0.05) is 0 Å². The van der Waals surface area contributed by atoms with Gasteiger partial charge in [-0.1, -0.05) is 71.3 Å². The van der Waals surface area contributed by atoms with Crippen molar-refractivity contribution in [2.75, 3.05) is 0 Å². The summed E-state index contributed by atoms with van der Waals surface area (Å²) >= 11 is 0. The Hall–Kier alpha value is -1.32. The smallest absolute Gasteiger partial charge is 0.335 e. The summed E-state index contributed by atoms with van der Waals surface area (Å²) in [6.45, 7) is 7.38. The van der Waals surface area contributed by atoms with Crippen LogP contribution in [-0.2, 0) is 14.3 Å². The van der Waals surface area contributed by atoms with Gasteiger partial charge in [0.25, 0.3) is 0 Å². The maximum Gasteiger partial charge on any atom is 0.335 e. The molecule has 0 aromatic heterocycles. The Kier molecular flexibility index (Phi) is 8.35. The zero-order chi connectivity index (χ0) is 17.3. The van der Waals surface area contributed by atoms with E-state index in [2.05, 4.69) is 13.5 Å². The number of carboxylic acids is 1. The lowest BCUT2D eigenvalue weighted by Gasteiger charge is -2.24. The monoisotopic (exact) mass is 324 g/mol. The fourth-order valence-electron chi connectivity index (χ4n) is 3.16. The van der Waals surface area contributed by atoms with Gasteiger partial charge in [-0.25, -0.2) is 4.79 Å². The van der Waals surface area contributed by atoms with Crippen molar-refractivity contribution in [1.29, 1.82) is 0 Å². The molecule has 4 heteroatoms. The van der Waals surface area contributed by atoms with E-state index in [1.807, 2.05) is 0 Å². The van der Waals surface area contributed by atoms with E-state index >= 15 is 0 Å². The number of hydrogen-bond donors (Lipinski definition) is 1. The Bertz CT molecular complexity index is 416. The molecule has 2 atom stereocenters. The van der Waals surface area contributed by atoms with Gasteiger partial charge in [-0.05, 0) is 19.8 Å². The summed E-state index contributed by atoms with van der Waals surface area (Å²) < 4.78 is 5.21. The number of carbonyl (C=O) groups is 2. The number of cyclic esters (lactones) is 1. The molecule has 1 aliphatic heterocycles. The summed E-state index contributed by atoms with van der Waals surface area (Å²) in [5, 5.41) is 9.40. The molecule has 1 fully saturated rings. The minimum Gasteiger partial charge on any atom is -0.480 e. The number of unbranched alkanes of at least 4 members (excludes halogenated alkanes) is 9. The topological polar surface area (TPSA) is 63.6 Å². The predicted octanol–water partition coefficient (Wildman–Crippen LogP) is 4.87. The van der Waals surface area contributed by atoms with Crippen LogP contribution in [0.5, 0.6) is 0 Å². The van der Waals surface area contributed by atoms with Crippen molar-refractivity contribution in [3.63, 3.8) is 0 Å². The maximum absolute atomic E-state index is 11.6. The molecule has 23 heavy (non-hydrogen) atoms. The van der Waals surface area contributed by atoms with Gasteiger partial charge in [0.15, 0.2) is 0 Å². The van der Waals surface area contributed by atoms with Crippen molar-refractivity contribution in [1.82, 2.24) is 0 Å². The van der Waals surface area contributed by atoms with Crippen LogP contribution in [0.3, 0.4) is 0 Å². The van der Waals surface area contributed by atoms with Crippen LogP contribution in [-0.4, -0.2) is 23.1 Å². The van der Waals surface area contributed by atoms with E-state index in [4.69, 9.17) is 4.74 Å². The highest BCUT2D eigenvalue weighted by Gasteiger charge is 2.54. The van der Waals surface area contributed by atoms with Crippen LogP contribution >= 0.6 is 0 Å². The molecule has 1 rings (SSSR count). The molecular formula is C19H32O4.